The number of fused-ring (bicyclic) bond motifs is 1. The number of carboxylic acids is 1. The molecule has 1 saturated heterocycles. The normalized spacial score (nSPS) is 30.5. The zero-order valence-corrected chi connectivity index (χ0v) is 11.3. The van der Waals surface area contributed by atoms with E-state index in [1.165, 1.54) is 10.5 Å². The van der Waals surface area contributed by atoms with Crippen LogP contribution in [0.3, 0.4) is 0 Å². The average molecular weight is 279 g/mol. The summed E-state index contributed by atoms with van der Waals surface area (Å²) in [4.78, 5) is 14.4. The number of hydrogen-bond acceptors (Lipinski definition) is 4. The maximum atomic E-state index is 11.2. The molecule has 0 aromatic heterocycles. The SMILES string of the molecule is O=C(O)C1CC(O)CN1CC1CSc2ccccc21. The molecule has 1 aromatic carbocycles. The van der Waals surface area contributed by atoms with Gasteiger partial charge in [0.1, 0.15) is 6.04 Å². The molecule has 2 aliphatic rings. The van der Waals surface area contributed by atoms with Gasteiger partial charge in [0.15, 0.2) is 0 Å². The number of nitrogens with zero attached hydrogens (tertiary/aromatic N) is 1. The number of β-amino-alcohol motifs (C(OH)–C–C–N with tert-alkyl or cyclic N) is 1. The molecule has 2 heterocycles. The van der Waals surface area contributed by atoms with Crippen molar-refractivity contribution in [2.75, 3.05) is 18.8 Å². The molecule has 3 rings (SSSR count). The molecule has 0 aliphatic carbocycles. The average Bonchev–Trinajstić information content (AvgIpc) is 2.95. The van der Waals surface area contributed by atoms with E-state index in [-0.39, 0.29) is 0 Å². The second kappa shape index (κ2) is 5.15. The fourth-order valence-corrected chi connectivity index (χ4v) is 4.24. The quantitative estimate of drug-likeness (QED) is 0.875. The number of rotatable bonds is 3. The van der Waals surface area contributed by atoms with Crippen LogP contribution in [0.2, 0.25) is 0 Å². The molecule has 0 saturated carbocycles. The predicted molar refractivity (Wildman–Crippen MR) is 73.5 cm³/mol. The summed E-state index contributed by atoms with van der Waals surface area (Å²) < 4.78 is 0. The van der Waals surface area contributed by atoms with E-state index in [0.717, 1.165) is 12.3 Å². The molecule has 4 nitrogen and oxygen atoms in total. The van der Waals surface area contributed by atoms with Gasteiger partial charge in [0.05, 0.1) is 6.10 Å². The van der Waals surface area contributed by atoms with Gasteiger partial charge in [-0.2, -0.15) is 0 Å². The summed E-state index contributed by atoms with van der Waals surface area (Å²) in [6, 6.07) is 7.78. The molecule has 0 radical (unpaired) electrons. The lowest BCUT2D eigenvalue weighted by Gasteiger charge is -2.24. The van der Waals surface area contributed by atoms with Gasteiger partial charge in [0.25, 0.3) is 0 Å². The summed E-state index contributed by atoms with van der Waals surface area (Å²) in [5.74, 6) is 0.544. The van der Waals surface area contributed by atoms with Crippen molar-refractivity contribution in [2.24, 2.45) is 0 Å². The Kier molecular flexibility index (Phi) is 3.52. The van der Waals surface area contributed by atoms with E-state index in [1.54, 1.807) is 0 Å². The van der Waals surface area contributed by atoms with Crippen molar-refractivity contribution < 1.29 is 15.0 Å². The topological polar surface area (TPSA) is 60.8 Å². The van der Waals surface area contributed by atoms with Crippen molar-refractivity contribution in [3.63, 3.8) is 0 Å². The first-order valence-corrected chi connectivity index (χ1v) is 7.50. The Labute approximate surface area is 116 Å². The minimum Gasteiger partial charge on any atom is -0.480 e. The maximum Gasteiger partial charge on any atom is 0.321 e. The molecule has 1 fully saturated rings. The van der Waals surface area contributed by atoms with Gasteiger partial charge in [0.2, 0.25) is 0 Å². The summed E-state index contributed by atoms with van der Waals surface area (Å²) in [7, 11) is 0. The van der Waals surface area contributed by atoms with E-state index in [2.05, 4.69) is 12.1 Å². The lowest BCUT2D eigenvalue weighted by molar-refractivity contribution is -0.142. The molecule has 3 atom stereocenters. The maximum absolute atomic E-state index is 11.2. The first-order chi connectivity index (χ1) is 9.15. The Morgan fingerprint density at radius 2 is 2.21 bits per heavy atom. The van der Waals surface area contributed by atoms with Crippen LogP contribution in [0.1, 0.15) is 17.9 Å². The van der Waals surface area contributed by atoms with Crippen molar-refractivity contribution in [3.8, 4) is 0 Å². The summed E-state index contributed by atoms with van der Waals surface area (Å²) in [5, 5.41) is 18.9. The second-order valence-corrected chi connectivity index (χ2v) is 6.31. The molecule has 3 unspecified atom stereocenters. The van der Waals surface area contributed by atoms with Gasteiger partial charge in [0, 0.05) is 36.1 Å². The van der Waals surface area contributed by atoms with Crippen molar-refractivity contribution in [2.45, 2.75) is 29.4 Å². The summed E-state index contributed by atoms with van der Waals surface area (Å²) in [5.41, 5.74) is 1.32. The largest absolute Gasteiger partial charge is 0.480 e. The number of likely N-dealkylation sites (tertiary alicyclic amines) is 1. The number of thioether (sulfide) groups is 1. The summed E-state index contributed by atoms with van der Waals surface area (Å²) >= 11 is 1.83. The van der Waals surface area contributed by atoms with Crippen LogP contribution in [0.5, 0.6) is 0 Å². The van der Waals surface area contributed by atoms with Gasteiger partial charge in [-0.3, -0.25) is 9.69 Å². The number of aliphatic hydroxyl groups excluding tert-OH is 1. The molecule has 0 bridgehead atoms. The lowest BCUT2D eigenvalue weighted by atomic mass is 10.0. The van der Waals surface area contributed by atoms with E-state index >= 15 is 0 Å². The highest BCUT2D eigenvalue weighted by Gasteiger charge is 2.38. The van der Waals surface area contributed by atoms with E-state index in [9.17, 15) is 15.0 Å². The highest BCUT2D eigenvalue weighted by molar-refractivity contribution is 7.99. The van der Waals surface area contributed by atoms with Crippen molar-refractivity contribution in [3.05, 3.63) is 29.8 Å². The third-order valence-corrected chi connectivity index (χ3v) is 5.17. The number of carbonyl (C=O) groups is 1. The van der Waals surface area contributed by atoms with E-state index in [4.69, 9.17) is 0 Å². The lowest BCUT2D eigenvalue weighted by Crippen LogP contribution is -2.38. The fourth-order valence-electron chi connectivity index (χ4n) is 3.00. The van der Waals surface area contributed by atoms with Gasteiger partial charge >= 0.3 is 5.97 Å². The van der Waals surface area contributed by atoms with Gasteiger partial charge in [-0.25, -0.2) is 0 Å². The highest BCUT2D eigenvalue weighted by atomic mass is 32.2. The minimum atomic E-state index is -0.824. The number of hydrogen-bond donors (Lipinski definition) is 2. The van der Waals surface area contributed by atoms with Crippen LogP contribution in [0, 0.1) is 0 Å². The monoisotopic (exact) mass is 279 g/mol. The molecular formula is C14H17NO3S. The molecule has 2 N–H and O–H groups in total. The Bertz CT molecular complexity index is 493. The third-order valence-electron chi connectivity index (χ3n) is 3.92. The fraction of sp³-hybridized carbons (Fsp3) is 0.500. The summed E-state index contributed by atoms with van der Waals surface area (Å²) in [6.07, 6.45) is -0.165. The van der Waals surface area contributed by atoms with E-state index in [1.807, 2.05) is 28.8 Å². The van der Waals surface area contributed by atoms with Crippen molar-refractivity contribution in [1.29, 1.82) is 0 Å². The number of carboxylic acid groups (broad SMARTS) is 1. The van der Waals surface area contributed by atoms with Crippen molar-refractivity contribution >= 4 is 17.7 Å². The molecule has 1 aromatic rings. The van der Waals surface area contributed by atoms with Gasteiger partial charge in [-0.1, -0.05) is 18.2 Å². The molecule has 0 spiro atoms. The van der Waals surface area contributed by atoms with Crippen molar-refractivity contribution in [1.82, 2.24) is 4.90 Å². The van der Waals surface area contributed by atoms with E-state index < -0.39 is 18.1 Å². The van der Waals surface area contributed by atoms with Crippen LogP contribution in [-0.2, 0) is 4.79 Å². The highest BCUT2D eigenvalue weighted by Crippen LogP contribution is 2.40. The minimum absolute atomic E-state index is 0.344. The Balaban J connectivity index is 1.74. The van der Waals surface area contributed by atoms with Gasteiger partial charge < -0.3 is 10.2 Å². The predicted octanol–water partition coefficient (Wildman–Crippen LogP) is 1.40. The molecular weight excluding hydrogens is 262 g/mol. The van der Waals surface area contributed by atoms with Crippen LogP contribution >= 0.6 is 11.8 Å². The molecule has 19 heavy (non-hydrogen) atoms. The number of aliphatic hydroxyl groups is 1. The molecule has 102 valence electrons. The smallest absolute Gasteiger partial charge is 0.321 e. The molecule has 5 heteroatoms. The van der Waals surface area contributed by atoms with E-state index in [0.29, 0.717) is 18.9 Å². The number of aliphatic carboxylic acids is 1. The zero-order valence-electron chi connectivity index (χ0n) is 10.5. The van der Waals surface area contributed by atoms with Crippen LogP contribution in [0.4, 0.5) is 0 Å². The van der Waals surface area contributed by atoms with Gasteiger partial charge in [-0.15, -0.1) is 11.8 Å². The van der Waals surface area contributed by atoms with Crippen LogP contribution in [-0.4, -0.2) is 52.1 Å². The summed E-state index contributed by atoms with van der Waals surface area (Å²) in [6.45, 7) is 1.19. The molecule has 2 aliphatic heterocycles. The molecule has 0 amide bonds. The standard InChI is InChI=1S/C14H17NO3S/c16-10-5-12(14(17)18)15(7-10)6-9-8-19-13-4-2-1-3-11(9)13/h1-4,9-10,12,16H,5-8H2,(H,17,18). The van der Waals surface area contributed by atoms with Crippen LogP contribution < -0.4 is 0 Å². The zero-order chi connectivity index (χ0) is 13.4. The Morgan fingerprint density at radius 1 is 1.42 bits per heavy atom. The van der Waals surface area contributed by atoms with Crippen LogP contribution in [0.25, 0.3) is 0 Å². The first kappa shape index (κ1) is 13.0. The third kappa shape index (κ3) is 2.50. The second-order valence-electron chi connectivity index (χ2n) is 5.24. The number of benzene rings is 1. The van der Waals surface area contributed by atoms with Gasteiger partial charge in [-0.05, 0) is 11.6 Å². The van der Waals surface area contributed by atoms with Crippen LogP contribution in [0.15, 0.2) is 29.2 Å². The first-order valence-electron chi connectivity index (χ1n) is 6.52. The Morgan fingerprint density at radius 3 is 3.00 bits per heavy atom. The Hall–Kier alpha value is -1.04.